The summed E-state index contributed by atoms with van der Waals surface area (Å²) < 4.78 is 8.86. The third kappa shape index (κ3) is 4.18. The van der Waals surface area contributed by atoms with E-state index in [4.69, 9.17) is 4.74 Å². The first kappa shape index (κ1) is 19.9. The molecule has 3 aromatic rings. The Morgan fingerprint density at radius 2 is 1.93 bits per heavy atom. The minimum Gasteiger partial charge on any atom is -0.380 e. The van der Waals surface area contributed by atoms with Gasteiger partial charge in [-0.25, -0.2) is 0 Å². The molecule has 3 rings (SSSR count). The summed E-state index contributed by atoms with van der Waals surface area (Å²) in [4.78, 5) is 19.1. The second-order valence-electron chi connectivity index (χ2n) is 6.23. The summed E-state index contributed by atoms with van der Waals surface area (Å²) in [5.41, 5.74) is 4.17. The van der Waals surface area contributed by atoms with Gasteiger partial charge < -0.3 is 9.30 Å². The van der Waals surface area contributed by atoms with Crippen LogP contribution in [0.5, 0.6) is 0 Å². The first-order valence-electron chi connectivity index (χ1n) is 8.96. The van der Waals surface area contributed by atoms with E-state index in [1.807, 2.05) is 37.4 Å². The van der Waals surface area contributed by atoms with Gasteiger partial charge in [-0.2, -0.15) is 4.99 Å². The van der Waals surface area contributed by atoms with Crippen LogP contribution in [0.3, 0.4) is 0 Å². The second kappa shape index (κ2) is 8.87. The lowest BCUT2D eigenvalue weighted by Gasteiger charge is -2.08. The number of hydrogen-bond donors (Lipinski definition) is 0. The van der Waals surface area contributed by atoms with Gasteiger partial charge in [-0.05, 0) is 50.3 Å². The molecule has 0 aliphatic heterocycles. The molecule has 0 N–H and O–H groups in total. The van der Waals surface area contributed by atoms with E-state index < -0.39 is 0 Å². The molecule has 142 valence electrons. The summed E-state index contributed by atoms with van der Waals surface area (Å²) in [5.74, 6) is -0.202. The van der Waals surface area contributed by atoms with Crippen LogP contribution in [0.15, 0.2) is 46.3 Å². The van der Waals surface area contributed by atoms with Crippen LogP contribution < -0.4 is 4.80 Å². The molecule has 6 heteroatoms. The van der Waals surface area contributed by atoms with Gasteiger partial charge in [0.1, 0.15) is 0 Å². The number of benzene rings is 2. The fourth-order valence-corrected chi connectivity index (χ4v) is 4.83. The van der Waals surface area contributed by atoms with Gasteiger partial charge in [0.15, 0.2) is 4.80 Å². The Morgan fingerprint density at radius 1 is 1.19 bits per heavy atom. The molecule has 0 atom stereocenters. The van der Waals surface area contributed by atoms with Crippen LogP contribution >= 0.6 is 23.1 Å². The SMILES string of the molecule is CCOCCn1c(=NC(=O)c2ccccc2SC)sc2c(C)ccc(C)c21. The van der Waals surface area contributed by atoms with E-state index in [0.29, 0.717) is 25.3 Å². The predicted octanol–water partition coefficient (Wildman–Crippen LogP) is 4.82. The Morgan fingerprint density at radius 3 is 2.67 bits per heavy atom. The smallest absolute Gasteiger partial charge is 0.280 e. The summed E-state index contributed by atoms with van der Waals surface area (Å²) in [6.45, 7) is 8.13. The zero-order valence-electron chi connectivity index (χ0n) is 16.1. The molecule has 4 nitrogen and oxygen atoms in total. The van der Waals surface area contributed by atoms with Crippen molar-refractivity contribution >= 4 is 39.2 Å². The van der Waals surface area contributed by atoms with E-state index in [1.54, 1.807) is 23.1 Å². The molecule has 0 unspecified atom stereocenters. The molecular formula is C21H24N2O2S2. The average molecular weight is 401 g/mol. The van der Waals surface area contributed by atoms with Crippen molar-refractivity contribution in [3.63, 3.8) is 0 Å². The van der Waals surface area contributed by atoms with Gasteiger partial charge in [0, 0.05) is 18.0 Å². The predicted molar refractivity (Wildman–Crippen MR) is 114 cm³/mol. The number of ether oxygens (including phenoxy) is 1. The largest absolute Gasteiger partial charge is 0.380 e. The number of fused-ring (bicyclic) bond motifs is 1. The number of rotatable bonds is 6. The molecule has 0 bridgehead atoms. The molecule has 27 heavy (non-hydrogen) atoms. The number of nitrogens with zero attached hydrogens (tertiary/aromatic N) is 2. The summed E-state index contributed by atoms with van der Waals surface area (Å²) in [5, 5.41) is 0. The van der Waals surface area contributed by atoms with Crippen molar-refractivity contribution in [1.29, 1.82) is 0 Å². The lowest BCUT2D eigenvalue weighted by molar-refractivity contribution is 0.0994. The van der Waals surface area contributed by atoms with Gasteiger partial charge in [-0.15, -0.1) is 11.8 Å². The molecule has 0 saturated carbocycles. The quantitative estimate of drug-likeness (QED) is 0.440. The molecule has 0 aliphatic carbocycles. The summed E-state index contributed by atoms with van der Waals surface area (Å²) >= 11 is 3.13. The van der Waals surface area contributed by atoms with Crippen LogP contribution in [0, 0.1) is 13.8 Å². The molecule has 0 spiro atoms. The maximum Gasteiger partial charge on any atom is 0.280 e. The van der Waals surface area contributed by atoms with Crippen molar-refractivity contribution in [3.05, 3.63) is 57.9 Å². The number of thiazole rings is 1. The first-order chi connectivity index (χ1) is 13.1. The highest BCUT2D eigenvalue weighted by Gasteiger charge is 2.14. The topological polar surface area (TPSA) is 43.6 Å². The van der Waals surface area contributed by atoms with Gasteiger partial charge in [-0.3, -0.25) is 4.79 Å². The highest BCUT2D eigenvalue weighted by molar-refractivity contribution is 7.98. The molecule has 1 heterocycles. The molecule has 0 aliphatic rings. The minimum atomic E-state index is -0.202. The van der Waals surface area contributed by atoms with E-state index in [9.17, 15) is 4.79 Å². The minimum absolute atomic E-state index is 0.202. The Bertz CT molecular complexity index is 1030. The Labute approximate surface area is 167 Å². The Balaban J connectivity index is 2.16. The number of amides is 1. The summed E-state index contributed by atoms with van der Waals surface area (Å²) in [7, 11) is 0. The van der Waals surface area contributed by atoms with Crippen LogP contribution in [-0.4, -0.2) is 29.9 Å². The fourth-order valence-electron chi connectivity index (χ4n) is 3.04. The Hall–Kier alpha value is -1.89. The van der Waals surface area contributed by atoms with E-state index in [0.717, 1.165) is 15.2 Å². The first-order valence-corrected chi connectivity index (χ1v) is 11.0. The van der Waals surface area contributed by atoms with Crippen LogP contribution in [0.4, 0.5) is 0 Å². The molecule has 2 aromatic carbocycles. The molecule has 1 amide bonds. The third-order valence-electron chi connectivity index (χ3n) is 4.42. The van der Waals surface area contributed by atoms with E-state index >= 15 is 0 Å². The monoisotopic (exact) mass is 400 g/mol. The standard InChI is InChI=1S/C21H24N2O2S2/c1-5-25-13-12-23-18-14(2)10-11-15(3)19(18)27-21(23)22-20(24)16-8-6-7-9-17(16)26-4/h6-11H,5,12-13H2,1-4H3. The normalized spacial score (nSPS) is 12.1. The summed E-state index contributed by atoms with van der Waals surface area (Å²) in [6.07, 6.45) is 1.97. The maximum atomic E-state index is 12.9. The van der Waals surface area contributed by atoms with Crippen molar-refractivity contribution in [3.8, 4) is 0 Å². The highest BCUT2D eigenvalue weighted by atomic mass is 32.2. The number of thioether (sulfide) groups is 1. The lowest BCUT2D eigenvalue weighted by atomic mass is 10.1. The number of aromatic nitrogens is 1. The molecule has 0 radical (unpaired) electrons. The van der Waals surface area contributed by atoms with Gasteiger partial charge in [0.05, 0.1) is 22.4 Å². The van der Waals surface area contributed by atoms with Crippen LogP contribution in [0.25, 0.3) is 10.2 Å². The maximum absolute atomic E-state index is 12.9. The van der Waals surface area contributed by atoms with Crippen LogP contribution in [0.2, 0.25) is 0 Å². The molecule has 1 aromatic heterocycles. The van der Waals surface area contributed by atoms with Gasteiger partial charge in [0.2, 0.25) is 0 Å². The van der Waals surface area contributed by atoms with Gasteiger partial charge in [0.25, 0.3) is 5.91 Å². The third-order valence-corrected chi connectivity index (χ3v) is 6.43. The van der Waals surface area contributed by atoms with Crippen molar-refractivity contribution in [2.24, 2.45) is 4.99 Å². The molecule has 0 saturated heterocycles. The van der Waals surface area contributed by atoms with Crippen molar-refractivity contribution < 1.29 is 9.53 Å². The number of hydrogen-bond acceptors (Lipinski definition) is 4. The molecular weight excluding hydrogens is 376 g/mol. The second-order valence-corrected chi connectivity index (χ2v) is 8.05. The van der Waals surface area contributed by atoms with Gasteiger partial charge in [-0.1, -0.05) is 35.6 Å². The van der Waals surface area contributed by atoms with Crippen LogP contribution in [0.1, 0.15) is 28.4 Å². The highest BCUT2D eigenvalue weighted by Crippen LogP contribution is 2.25. The molecule has 0 fully saturated rings. The zero-order valence-corrected chi connectivity index (χ0v) is 17.7. The Kier molecular flexibility index (Phi) is 6.52. The average Bonchev–Trinajstić information content (AvgIpc) is 3.04. The summed E-state index contributed by atoms with van der Waals surface area (Å²) in [6, 6.07) is 11.9. The lowest BCUT2D eigenvalue weighted by Crippen LogP contribution is -2.20. The van der Waals surface area contributed by atoms with Gasteiger partial charge >= 0.3 is 0 Å². The number of aryl methyl sites for hydroxylation is 2. The van der Waals surface area contributed by atoms with Crippen molar-refractivity contribution in [2.75, 3.05) is 19.5 Å². The zero-order chi connectivity index (χ0) is 19.4. The van der Waals surface area contributed by atoms with E-state index in [2.05, 4.69) is 35.5 Å². The van der Waals surface area contributed by atoms with Crippen molar-refractivity contribution in [1.82, 2.24) is 4.57 Å². The van der Waals surface area contributed by atoms with E-state index in [-0.39, 0.29) is 5.91 Å². The number of carbonyl (C=O) groups is 1. The van der Waals surface area contributed by atoms with Crippen molar-refractivity contribution in [2.45, 2.75) is 32.2 Å². The number of carbonyl (C=O) groups excluding carboxylic acids is 1. The fraction of sp³-hybridized carbons (Fsp3) is 0.333. The van der Waals surface area contributed by atoms with Crippen LogP contribution in [-0.2, 0) is 11.3 Å². The van der Waals surface area contributed by atoms with E-state index in [1.165, 1.54) is 15.8 Å².